The zero-order valence-electron chi connectivity index (χ0n) is 12.6. The van der Waals surface area contributed by atoms with Gasteiger partial charge in [-0.25, -0.2) is 0 Å². The topological polar surface area (TPSA) is 55.1 Å². The fourth-order valence-corrected chi connectivity index (χ4v) is 2.19. The Hall–Kier alpha value is -1.06. The zero-order chi connectivity index (χ0) is 15.2. The Bertz CT molecular complexity index is 429. The van der Waals surface area contributed by atoms with E-state index in [4.69, 9.17) is 17.3 Å². The summed E-state index contributed by atoms with van der Waals surface area (Å²) >= 11 is 5.89. The average molecular weight is 297 g/mol. The third kappa shape index (κ3) is 4.50. The number of amides is 1. The number of halogens is 1. The van der Waals surface area contributed by atoms with Gasteiger partial charge in [-0.05, 0) is 38.0 Å². The van der Waals surface area contributed by atoms with Crippen molar-refractivity contribution in [2.24, 2.45) is 5.73 Å². The van der Waals surface area contributed by atoms with E-state index in [0.29, 0.717) is 11.6 Å². The summed E-state index contributed by atoms with van der Waals surface area (Å²) in [6.07, 6.45) is 3.10. The van der Waals surface area contributed by atoms with Gasteiger partial charge in [0.05, 0.1) is 5.41 Å². The predicted molar refractivity (Wildman–Crippen MR) is 85.0 cm³/mol. The molecule has 1 unspecified atom stereocenters. The molecule has 0 aromatic heterocycles. The van der Waals surface area contributed by atoms with E-state index >= 15 is 0 Å². The maximum absolute atomic E-state index is 12.5. The lowest BCUT2D eigenvalue weighted by molar-refractivity contribution is -0.126. The number of nitrogens with two attached hydrogens (primary N) is 1. The Balaban J connectivity index is 2.75. The van der Waals surface area contributed by atoms with Crippen molar-refractivity contribution in [3.63, 3.8) is 0 Å². The maximum atomic E-state index is 12.5. The van der Waals surface area contributed by atoms with Gasteiger partial charge in [0.25, 0.3) is 0 Å². The summed E-state index contributed by atoms with van der Waals surface area (Å²) in [6, 6.07) is 7.46. The quantitative estimate of drug-likeness (QED) is 0.811. The van der Waals surface area contributed by atoms with Crippen molar-refractivity contribution in [1.82, 2.24) is 5.32 Å². The van der Waals surface area contributed by atoms with Crippen molar-refractivity contribution < 1.29 is 4.79 Å². The van der Waals surface area contributed by atoms with Crippen molar-refractivity contribution in [1.29, 1.82) is 0 Å². The Morgan fingerprint density at radius 3 is 2.45 bits per heavy atom. The van der Waals surface area contributed by atoms with Crippen molar-refractivity contribution in [2.75, 3.05) is 6.54 Å². The first kappa shape index (κ1) is 17.0. The van der Waals surface area contributed by atoms with E-state index in [9.17, 15) is 4.79 Å². The SMILES string of the molecule is CCCCC(CN)NC(=O)C(C)(C)c1ccc(Cl)cc1. The zero-order valence-corrected chi connectivity index (χ0v) is 13.3. The van der Waals surface area contributed by atoms with E-state index in [2.05, 4.69) is 12.2 Å². The number of hydrogen-bond acceptors (Lipinski definition) is 2. The molecule has 0 aliphatic carbocycles. The molecule has 0 aliphatic rings. The molecule has 0 heterocycles. The highest BCUT2D eigenvalue weighted by molar-refractivity contribution is 6.30. The van der Waals surface area contributed by atoms with Gasteiger partial charge in [0.15, 0.2) is 0 Å². The molecular formula is C16H25ClN2O. The van der Waals surface area contributed by atoms with Gasteiger partial charge in [0, 0.05) is 17.6 Å². The summed E-state index contributed by atoms with van der Waals surface area (Å²) in [6.45, 7) is 6.44. The predicted octanol–water partition coefficient (Wildman–Crippen LogP) is 3.25. The number of nitrogens with one attached hydrogen (secondary N) is 1. The maximum Gasteiger partial charge on any atom is 0.230 e. The highest BCUT2D eigenvalue weighted by Gasteiger charge is 2.30. The molecule has 0 aliphatic heterocycles. The summed E-state index contributed by atoms with van der Waals surface area (Å²) in [5, 5.41) is 3.73. The molecule has 112 valence electrons. The highest BCUT2D eigenvalue weighted by Crippen LogP contribution is 2.25. The summed E-state index contributed by atoms with van der Waals surface area (Å²) < 4.78 is 0. The average Bonchev–Trinajstić information content (AvgIpc) is 2.43. The Morgan fingerprint density at radius 1 is 1.35 bits per heavy atom. The van der Waals surface area contributed by atoms with E-state index in [0.717, 1.165) is 24.8 Å². The van der Waals surface area contributed by atoms with Crippen molar-refractivity contribution in [2.45, 2.75) is 51.5 Å². The van der Waals surface area contributed by atoms with Crippen molar-refractivity contribution in [3.8, 4) is 0 Å². The molecule has 4 heteroatoms. The fourth-order valence-electron chi connectivity index (χ4n) is 2.06. The Morgan fingerprint density at radius 2 is 1.95 bits per heavy atom. The fraction of sp³-hybridized carbons (Fsp3) is 0.562. The highest BCUT2D eigenvalue weighted by atomic mass is 35.5. The number of rotatable bonds is 7. The van der Waals surface area contributed by atoms with E-state index < -0.39 is 5.41 Å². The van der Waals surface area contributed by atoms with Gasteiger partial charge in [-0.1, -0.05) is 43.5 Å². The lowest BCUT2D eigenvalue weighted by atomic mass is 9.83. The van der Waals surface area contributed by atoms with Crippen LogP contribution in [0.1, 0.15) is 45.6 Å². The van der Waals surface area contributed by atoms with Crippen LogP contribution in [0.15, 0.2) is 24.3 Å². The van der Waals surface area contributed by atoms with Crippen LogP contribution in [-0.4, -0.2) is 18.5 Å². The largest absolute Gasteiger partial charge is 0.351 e. The van der Waals surface area contributed by atoms with Crippen LogP contribution in [0.3, 0.4) is 0 Å². The molecule has 1 aromatic carbocycles. The van der Waals surface area contributed by atoms with E-state index in [1.54, 1.807) is 0 Å². The second kappa shape index (κ2) is 7.65. The second-order valence-electron chi connectivity index (χ2n) is 5.68. The van der Waals surface area contributed by atoms with Crippen LogP contribution in [0.2, 0.25) is 5.02 Å². The lowest BCUT2D eigenvalue weighted by Gasteiger charge is -2.27. The van der Waals surface area contributed by atoms with Crippen LogP contribution in [0.4, 0.5) is 0 Å². The molecule has 0 spiro atoms. The molecule has 0 saturated carbocycles. The summed E-state index contributed by atoms with van der Waals surface area (Å²) in [5.74, 6) is 0.00590. The third-order valence-electron chi connectivity index (χ3n) is 3.66. The third-order valence-corrected chi connectivity index (χ3v) is 3.91. The summed E-state index contributed by atoms with van der Waals surface area (Å²) in [4.78, 5) is 12.5. The molecule has 20 heavy (non-hydrogen) atoms. The van der Waals surface area contributed by atoms with Gasteiger partial charge < -0.3 is 11.1 Å². The van der Waals surface area contributed by atoms with Gasteiger partial charge in [-0.3, -0.25) is 4.79 Å². The first-order valence-corrected chi connectivity index (χ1v) is 7.56. The number of benzene rings is 1. The van der Waals surface area contributed by atoms with Crippen LogP contribution in [-0.2, 0) is 10.2 Å². The van der Waals surface area contributed by atoms with Gasteiger partial charge in [-0.2, -0.15) is 0 Å². The van der Waals surface area contributed by atoms with Crippen LogP contribution in [0.25, 0.3) is 0 Å². The first-order chi connectivity index (χ1) is 9.41. The van der Waals surface area contributed by atoms with Crippen LogP contribution < -0.4 is 11.1 Å². The molecule has 0 bridgehead atoms. The van der Waals surface area contributed by atoms with E-state index in [1.807, 2.05) is 38.1 Å². The van der Waals surface area contributed by atoms with Gasteiger partial charge in [0.2, 0.25) is 5.91 Å². The Labute approximate surface area is 126 Å². The van der Waals surface area contributed by atoms with E-state index in [-0.39, 0.29) is 11.9 Å². The molecular weight excluding hydrogens is 272 g/mol. The molecule has 1 atom stereocenters. The Kier molecular flexibility index (Phi) is 6.50. The van der Waals surface area contributed by atoms with Gasteiger partial charge in [0.1, 0.15) is 0 Å². The van der Waals surface area contributed by atoms with Crippen molar-refractivity contribution in [3.05, 3.63) is 34.9 Å². The second-order valence-corrected chi connectivity index (χ2v) is 6.12. The molecule has 3 N–H and O–H groups in total. The lowest BCUT2D eigenvalue weighted by Crippen LogP contribution is -2.47. The standard InChI is InChI=1S/C16H25ClN2O/c1-4-5-6-14(11-18)19-15(20)16(2,3)12-7-9-13(17)10-8-12/h7-10,14H,4-6,11,18H2,1-3H3,(H,19,20). The normalized spacial score (nSPS) is 13.1. The van der Waals surface area contributed by atoms with Crippen LogP contribution >= 0.6 is 11.6 Å². The number of carbonyl (C=O) groups excluding carboxylic acids is 1. The van der Waals surface area contributed by atoms with Crippen LogP contribution in [0, 0.1) is 0 Å². The summed E-state index contributed by atoms with van der Waals surface area (Å²) in [7, 11) is 0. The molecule has 1 rings (SSSR count). The van der Waals surface area contributed by atoms with Gasteiger partial charge in [-0.15, -0.1) is 0 Å². The number of hydrogen-bond donors (Lipinski definition) is 2. The molecule has 3 nitrogen and oxygen atoms in total. The molecule has 1 aromatic rings. The number of unbranched alkanes of at least 4 members (excludes halogenated alkanes) is 1. The minimum absolute atomic E-state index is 0.00590. The minimum Gasteiger partial charge on any atom is -0.351 e. The monoisotopic (exact) mass is 296 g/mol. The van der Waals surface area contributed by atoms with E-state index in [1.165, 1.54) is 0 Å². The summed E-state index contributed by atoms with van der Waals surface area (Å²) in [5.41, 5.74) is 6.09. The van der Waals surface area contributed by atoms with Crippen LogP contribution in [0.5, 0.6) is 0 Å². The van der Waals surface area contributed by atoms with Gasteiger partial charge >= 0.3 is 0 Å². The molecule has 0 radical (unpaired) electrons. The molecule has 1 amide bonds. The smallest absolute Gasteiger partial charge is 0.230 e. The number of carbonyl (C=O) groups is 1. The van der Waals surface area contributed by atoms with Crippen molar-refractivity contribution >= 4 is 17.5 Å². The minimum atomic E-state index is -0.593. The molecule has 0 saturated heterocycles. The first-order valence-electron chi connectivity index (χ1n) is 7.19. The molecule has 0 fully saturated rings.